The number of methoxy groups -OCH3 is 1. The summed E-state index contributed by atoms with van der Waals surface area (Å²) in [6, 6.07) is 0. The van der Waals surface area contributed by atoms with Crippen molar-refractivity contribution in [2.75, 3.05) is 13.7 Å². The summed E-state index contributed by atoms with van der Waals surface area (Å²) in [7, 11) is 1.34. The molecule has 0 heterocycles. The zero-order chi connectivity index (χ0) is 11.7. The SMILES string of the molecule is C/C=C\C=C(/C=C(C)C)OCC(=O)OC. The fourth-order valence-electron chi connectivity index (χ4n) is 0.815. The van der Waals surface area contributed by atoms with E-state index in [2.05, 4.69) is 4.74 Å². The number of ether oxygens (including phenoxy) is 2. The lowest BCUT2D eigenvalue weighted by Crippen LogP contribution is -2.09. The fourth-order valence-corrected chi connectivity index (χ4v) is 0.815. The molecule has 84 valence electrons. The van der Waals surface area contributed by atoms with Crippen LogP contribution in [-0.2, 0) is 14.3 Å². The standard InChI is InChI=1S/C12H18O3/c1-5-6-7-11(8-10(2)3)15-9-12(13)14-4/h5-8H,9H2,1-4H3/b6-5-,11-7+. The van der Waals surface area contributed by atoms with Crippen LogP contribution in [0.25, 0.3) is 0 Å². The molecule has 15 heavy (non-hydrogen) atoms. The molecule has 0 aliphatic carbocycles. The van der Waals surface area contributed by atoms with Crippen LogP contribution in [0.2, 0.25) is 0 Å². The summed E-state index contributed by atoms with van der Waals surface area (Å²) < 4.78 is 9.75. The molecule has 0 amide bonds. The van der Waals surface area contributed by atoms with E-state index in [1.165, 1.54) is 7.11 Å². The van der Waals surface area contributed by atoms with Crippen LogP contribution in [0.15, 0.2) is 35.6 Å². The molecule has 0 aliphatic heterocycles. The summed E-state index contributed by atoms with van der Waals surface area (Å²) in [5.41, 5.74) is 1.11. The van der Waals surface area contributed by atoms with E-state index >= 15 is 0 Å². The molecule has 0 aromatic heterocycles. The van der Waals surface area contributed by atoms with Crippen LogP contribution in [-0.4, -0.2) is 19.7 Å². The molecular weight excluding hydrogens is 192 g/mol. The van der Waals surface area contributed by atoms with Gasteiger partial charge in [0.25, 0.3) is 0 Å². The minimum absolute atomic E-state index is 0.0658. The number of hydrogen-bond acceptors (Lipinski definition) is 3. The van der Waals surface area contributed by atoms with Gasteiger partial charge in [0.2, 0.25) is 0 Å². The summed E-state index contributed by atoms with van der Waals surface area (Å²) in [4.78, 5) is 10.9. The Morgan fingerprint density at radius 1 is 1.33 bits per heavy atom. The van der Waals surface area contributed by atoms with Crippen LogP contribution in [0.1, 0.15) is 20.8 Å². The third kappa shape index (κ3) is 7.55. The van der Waals surface area contributed by atoms with Crippen molar-refractivity contribution in [1.29, 1.82) is 0 Å². The van der Waals surface area contributed by atoms with Gasteiger partial charge in [0.1, 0.15) is 5.76 Å². The maximum atomic E-state index is 10.9. The normalized spacial score (nSPS) is 11.3. The predicted molar refractivity (Wildman–Crippen MR) is 60.3 cm³/mol. The van der Waals surface area contributed by atoms with Crippen molar-refractivity contribution in [1.82, 2.24) is 0 Å². The first-order valence-corrected chi connectivity index (χ1v) is 4.77. The number of carbonyl (C=O) groups excluding carboxylic acids is 1. The molecule has 0 fully saturated rings. The number of rotatable bonds is 5. The summed E-state index contributed by atoms with van der Waals surface area (Å²) >= 11 is 0. The Morgan fingerprint density at radius 3 is 2.47 bits per heavy atom. The van der Waals surface area contributed by atoms with E-state index in [9.17, 15) is 4.79 Å². The van der Waals surface area contributed by atoms with E-state index in [1.54, 1.807) is 6.08 Å². The second kappa shape index (κ2) is 7.85. The van der Waals surface area contributed by atoms with Gasteiger partial charge in [-0.2, -0.15) is 0 Å². The lowest BCUT2D eigenvalue weighted by atomic mass is 10.3. The molecular formula is C12H18O3. The van der Waals surface area contributed by atoms with Gasteiger partial charge in [-0.1, -0.05) is 17.7 Å². The van der Waals surface area contributed by atoms with E-state index < -0.39 is 0 Å². The first kappa shape index (κ1) is 13.5. The summed E-state index contributed by atoms with van der Waals surface area (Å²) in [5.74, 6) is 0.266. The molecule has 0 saturated carbocycles. The van der Waals surface area contributed by atoms with Crippen LogP contribution in [0, 0.1) is 0 Å². The van der Waals surface area contributed by atoms with Crippen LogP contribution < -0.4 is 0 Å². The summed E-state index contributed by atoms with van der Waals surface area (Å²) in [6.45, 7) is 5.77. The zero-order valence-electron chi connectivity index (χ0n) is 9.74. The van der Waals surface area contributed by atoms with E-state index in [4.69, 9.17) is 4.74 Å². The smallest absolute Gasteiger partial charge is 0.343 e. The van der Waals surface area contributed by atoms with Crippen molar-refractivity contribution in [2.24, 2.45) is 0 Å². The highest BCUT2D eigenvalue weighted by molar-refractivity contribution is 5.70. The number of allylic oxidation sites excluding steroid dienone is 5. The van der Waals surface area contributed by atoms with E-state index in [1.807, 2.05) is 39.0 Å². The maximum Gasteiger partial charge on any atom is 0.343 e. The second-order valence-electron chi connectivity index (χ2n) is 3.18. The number of carbonyl (C=O) groups is 1. The lowest BCUT2D eigenvalue weighted by molar-refractivity contribution is -0.144. The van der Waals surface area contributed by atoms with E-state index in [-0.39, 0.29) is 12.6 Å². The molecule has 0 unspecified atom stereocenters. The first-order chi connectivity index (χ1) is 7.10. The van der Waals surface area contributed by atoms with Crippen molar-refractivity contribution < 1.29 is 14.3 Å². The quantitative estimate of drug-likeness (QED) is 0.397. The molecule has 0 rings (SSSR count). The van der Waals surface area contributed by atoms with Crippen LogP contribution in [0.5, 0.6) is 0 Å². The van der Waals surface area contributed by atoms with Crippen molar-refractivity contribution in [3.8, 4) is 0 Å². The largest absolute Gasteiger partial charge is 0.482 e. The highest BCUT2D eigenvalue weighted by atomic mass is 16.6. The lowest BCUT2D eigenvalue weighted by Gasteiger charge is -2.05. The topological polar surface area (TPSA) is 35.5 Å². The average molecular weight is 210 g/mol. The predicted octanol–water partition coefficient (Wildman–Crippen LogP) is 2.60. The monoisotopic (exact) mass is 210 g/mol. The third-order valence-electron chi connectivity index (χ3n) is 1.47. The third-order valence-corrected chi connectivity index (χ3v) is 1.47. The molecule has 0 spiro atoms. The Balaban J connectivity index is 4.39. The minimum atomic E-state index is -0.386. The van der Waals surface area contributed by atoms with Gasteiger partial charge in [-0.15, -0.1) is 0 Å². The Labute approximate surface area is 91.1 Å². The highest BCUT2D eigenvalue weighted by Crippen LogP contribution is 2.04. The first-order valence-electron chi connectivity index (χ1n) is 4.77. The van der Waals surface area contributed by atoms with Crippen LogP contribution >= 0.6 is 0 Å². The number of esters is 1. The van der Waals surface area contributed by atoms with Gasteiger partial charge >= 0.3 is 5.97 Å². The Morgan fingerprint density at radius 2 is 2.00 bits per heavy atom. The van der Waals surface area contributed by atoms with Gasteiger partial charge < -0.3 is 9.47 Å². The Hall–Kier alpha value is -1.51. The van der Waals surface area contributed by atoms with Gasteiger partial charge in [0.15, 0.2) is 6.61 Å². The van der Waals surface area contributed by atoms with Crippen LogP contribution in [0.3, 0.4) is 0 Å². The van der Waals surface area contributed by atoms with Gasteiger partial charge in [-0.25, -0.2) is 4.79 Å². The molecule has 0 atom stereocenters. The van der Waals surface area contributed by atoms with Crippen molar-refractivity contribution in [3.05, 3.63) is 35.6 Å². The summed E-state index contributed by atoms with van der Waals surface area (Å²) in [6.07, 6.45) is 7.41. The maximum absolute atomic E-state index is 10.9. The molecule has 0 radical (unpaired) electrons. The van der Waals surface area contributed by atoms with Gasteiger partial charge in [-0.05, 0) is 32.9 Å². The molecule has 0 N–H and O–H groups in total. The van der Waals surface area contributed by atoms with E-state index in [0.717, 1.165) is 5.57 Å². The molecule has 3 nitrogen and oxygen atoms in total. The molecule has 0 aromatic rings. The van der Waals surface area contributed by atoms with Gasteiger partial charge in [0.05, 0.1) is 7.11 Å². The molecule has 0 saturated heterocycles. The average Bonchev–Trinajstić information content (AvgIpc) is 2.20. The Kier molecular flexibility index (Phi) is 7.06. The molecule has 0 aliphatic rings. The number of hydrogen-bond donors (Lipinski definition) is 0. The van der Waals surface area contributed by atoms with Gasteiger partial charge in [0, 0.05) is 0 Å². The summed E-state index contributed by atoms with van der Waals surface area (Å²) in [5, 5.41) is 0. The zero-order valence-corrected chi connectivity index (χ0v) is 9.74. The van der Waals surface area contributed by atoms with Crippen molar-refractivity contribution in [2.45, 2.75) is 20.8 Å². The molecule has 3 heteroatoms. The molecule has 0 aromatic carbocycles. The minimum Gasteiger partial charge on any atom is -0.482 e. The second-order valence-corrected chi connectivity index (χ2v) is 3.18. The van der Waals surface area contributed by atoms with Crippen molar-refractivity contribution >= 4 is 5.97 Å². The fraction of sp³-hybridized carbons (Fsp3) is 0.417. The highest BCUT2D eigenvalue weighted by Gasteiger charge is 2.01. The molecule has 0 bridgehead atoms. The van der Waals surface area contributed by atoms with Gasteiger partial charge in [-0.3, -0.25) is 0 Å². The van der Waals surface area contributed by atoms with Crippen LogP contribution in [0.4, 0.5) is 0 Å². The van der Waals surface area contributed by atoms with Crippen molar-refractivity contribution in [3.63, 3.8) is 0 Å². The van der Waals surface area contributed by atoms with E-state index in [0.29, 0.717) is 5.76 Å². The Bertz CT molecular complexity index is 281.